The van der Waals surface area contributed by atoms with Crippen molar-refractivity contribution in [2.75, 3.05) is 13.1 Å². The first-order valence-electron chi connectivity index (χ1n) is 12.2. The predicted molar refractivity (Wildman–Crippen MR) is 132 cm³/mol. The second-order valence-corrected chi connectivity index (χ2v) is 9.04. The highest BCUT2D eigenvalue weighted by Crippen LogP contribution is 2.24. The van der Waals surface area contributed by atoms with Crippen LogP contribution in [0.4, 0.5) is 13.2 Å². The second-order valence-electron chi connectivity index (χ2n) is 9.04. The average Bonchev–Trinajstić information content (AvgIpc) is 3.27. The van der Waals surface area contributed by atoms with Crippen LogP contribution in [0.3, 0.4) is 0 Å². The summed E-state index contributed by atoms with van der Waals surface area (Å²) in [5.74, 6) is -3.72. The predicted octanol–water partition coefficient (Wildman–Crippen LogP) is 3.48. The number of piperidine rings is 1. The van der Waals surface area contributed by atoms with Crippen LogP contribution in [0, 0.1) is 17.5 Å². The van der Waals surface area contributed by atoms with Crippen molar-refractivity contribution in [1.82, 2.24) is 24.4 Å². The minimum Gasteiger partial charge on any atom is -0.482 e. The molecule has 3 N–H and O–H groups in total. The van der Waals surface area contributed by atoms with Gasteiger partial charge in [-0.05, 0) is 31.0 Å². The number of carboxylic acids is 1. The Morgan fingerprint density at radius 3 is 2.56 bits per heavy atom. The van der Waals surface area contributed by atoms with E-state index in [1.807, 2.05) is 4.57 Å². The van der Waals surface area contributed by atoms with E-state index in [0.29, 0.717) is 35.6 Å². The maximum absolute atomic E-state index is 13.8. The third-order valence-corrected chi connectivity index (χ3v) is 6.46. The van der Waals surface area contributed by atoms with Crippen LogP contribution in [0.5, 0.6) is 11.6 Å². The summed E-state index contributed by atoms with van der Waals surface area (Å²) in [6, 6.07) is 7.44. The van der Waals surface area contributed by atoms with E-state index in [1.54, 1.807) is 18.2 Å². The molecule has 39 heavy (non-hydrogen) atoms. The summed E-state index contributed by atoms with van der Waals surface area (Å²) in [6.07, 6.45) is 2.83. The number of nitrogens with zero attached hydrogens (tertiary/aromatic N) is 5. The lowest BCUT2D eigenvalue weighted by atomic mass is 10.1. The molecule has 0 unspecified atom stereocenters. The number of likely N-dealkylation sites (tertiary alicyclic amines) is 1. The molecule has 4 aromatic rings. The van der Waals surface area contributed by atoms with E-state index in [0.717, 1.165) is 31.8 Å². The Morgan fingerprint density at radius 1 is 1.05 bits per heavy atom. The number of ether oxygens (including phenoxy) is 2. The molecule has 10 nitrogen and oxygen atoms in total. The van der Waals surface area contributed by atoms with Gasteiger partial charge in [0.2, 0.25) is 5.88 Å². The number of carboxylic acid groups (broad SMARTS) is 1. The SMILES string of the molecule is NCn1c(CN2CCC(Oc3ccnc(COc4cc(F)c(F)cc4F)n3)CC2)nc2ccc(C(=O)O)cc21. The van der Waals surface area contributed by atoms with Gasteiger partial charge in [0.25, 0.3) is 0 Å². The van der Waals surface area contributed by atoms with E-state index in [-0.39, 0.29) is 30.8 Å². The summed E-state index contributed by atoms with van der Waals surface area (Å²) >= 11 is 0. The van der Waals surface area contributed by atoms with Gasteiger partial charge in [-0.2, -0.15) is 4.98 Å². The Labute approximate surface area is 220 Å². The minimum atomic E-state index is -1.30. The van der Waals surface area contributed by atoms with Crippen LogP contribution >= 0.6 is 0 Å². The molecular weight excluding hydrogens is 517 g/mol. The number of imidazole rings is 1. The van der Waals surface area contributed by atoms with Crippen molar-refractivity contribution in [2.45, 2.75) is 38.8 Å². The fourth-order valence-electron chi connectivity index (χ4n) is 4.46. The van der Waals surface area contributed by atoms with Crippen molar-refractivity contribution in [3.05, 3.63) is 77.3 Å². The molecule has 2 aromatic heterocycles. The lowest BCUT2D eigenvalue weighted by Crippen LogP contribution is -2.38. The Hall–Kier alpha value is -4.23. The normalized spacial score (nSPS) is 14.6. The number of nitrogens with two attached hydrogens (primary N) is 1. The highest BCUT2D eigenvalue weighted by atomic mass is 19.2. The largest absolute Gasteiger partial charge is 0.482 e. The van der Waals surface area contributed by atoms with Crippen LogP contribution in [-0.4, -0.2) is 54.7 Å². The first-order chi connectivity index (χ1) is 18.8. The molecule has 0 aliphatic carbocycles. The average molecular weight is 543 g/mol. The Bertz CT molecular complexity index is 1510. The van der Waals surface area contributed by atoms with E-state index in [4.69, 9.17) is 15.2 Å². The van der Waals surface area contributed by atoms with Gasteiger partial charge >= 0.3 is 5.97 Å². The zero-order chi connectivity index (χ0) is 27.5. The van der Waals surface area contributed by atoms with Crippen LogP contribution < -0.4 is 15.2 Å². The molecule has 0 atom stereocenters. The summed E-state index contributed by atoms with van der Waals surface area (Å²) in [5.41, 5.74) is 7.50. The molecule has 0 saturated carbocycles. The third kappa shape index (κ3) is 5.94. The molecule has 5 rings (SSSR count). The molecule has 0 spiro atoms. The number of aromatic carboxylic acids is 1. The van der Waals surface area contributed by atoms with Gasteiger partial charge in [0.05, 0.1) is 29.8 Å². The molecular formula is C26H25F3N6O4. The highest BCUT2D eigenvalue weighted by molar-refractivity contribution is 5.92. The fraction of sp³-hybridized carbons (Fsp3) is 0.308. The summed E-state index contributed by atoms with van der Waals surface area (Å²) in [6.45, 7) is 1.94. The first-order valence-corrected chi connectivity index (χ1v) is 12.2. The lowest BCUT2D eigenvalue weighted by molar-refractivity contribution is 0.0697. The molecule has 2 aromatic carbocycles. The molecule has 0 bridgehead atoms. The molecule has 13 heteroatoms. The molecule has 1 fully saturated rings. The quantitative estimate of drug-likeness (QED) is 0.306. The fourth-order valence-corrected chi connectivity index (χ4v) is 4.46. The van der Waals surface area contributed by atoms with Gasteiger partial charge in [-0.15, -0.1) is 0 Å². The van der Waals surface area contributed by atoms with Crippen LogP contribution in [0.2, 0.25) is 0 Å². The topological polar surface area (TPSA) is 129 Å². The Kier molecular flexibility index (Phi) is 7.61. The molecule has 0 amide bonds. The summed E-state index contributed by atoms with van der Waals surface area (Å²) < 4.78 is 53.3. The van der Waals surface area contributed by atoms with Gasteiger partial charge in [-0.3, -0.25) is 4.90 Å². The van der Waals surface area contributed by atoms with Crippen molar-refractivity contribution in [3.63, 3.8) is 0 Å². The van der Waals surface area contributed by atoms with Gasteiger partial charge in [0.1, 0.15) is 18.5 Å². The van der Waals surface area contributed by atoms with Crippen molar-refractivity contribution < 1.29 is 32.5 Å². The van der Waals surface area contributed by atoms with Crippen LogP contribution in [-0.2, 0) is 19.8 Å². The summed E-state index contributed by atoms with van der Waals surface area (Å²) in [7, 11) is 0. The number of benzene rings is 2. The van der Waals surface area contributed by atoms with Crippen molar-refractivity contribution in [3.8, 4) is 11.6 Å². The van der Waals surface area contributed by atoms with Crippen LogP contribution in [0.15, 0.2) is 42.6 Å². The molecule has 3 heterocycles. The Balaban J connectivity index is 1.16. The number of hydrogen-bond acceptors (Lipinski definition) is 8. The van der Waals surface area contributed by atoms with Crippen LogP contribution in [0.25, 0.3) is 11.0 Å². The minimum absolute atomic E-state index is 0.0972. The van der Waals surface area contributed by atoms with Gasteiger partial charge in [0, 0.05) is 37.5 Å². The zero-order valence-electron chi connectivity index (χ0n) is 20.7. The maximum atomic E-state index is 13.8. The monoisotopic (exact) mass is 542 g/mol. The third-order valence-electron chi connectivity index (χ3n) is 6.46. The number of fused-ring (bicyclic) bond motifs is 1. The van der Waals surface area contributed by atoms with E-state index >= 15 is 0 Å². The molecule has 1 aliphatic rings. The van der Waals surface area contributed by atoms with E-state index in [2.05, 4.69) is 19.9 Å². The molecule has 0 radical (unpaired) electrons. The van der Waals surface area contributed by atoms with Crippen molar-refractivity contribution in [1.29, 1.82) is 0 Å². The van der Waals surface area contributed by atoms with Crippen molar-refractivity contribution in [2.24, 2.45) is 5.73 Å². The maximum Gasteiger partial charge on any atom is 0.335 e. The van der Waals surface area contributed by atoms with Gasteiger partial charge < -0.3 is 24.9 Å². The van der Waals surface area contributed by atoms with Crippen LogP contribution in [0.1, 0.15) is 34.8 Å². The van der Waals surface area contributed by atoms with Gasteiger partial charge in [-0.1, -0.05) is 0 Å². The smallest absolute Gasteiger partial charge is 0.335 e. The molecule has 1 saturated heterocycles. The summed E-state index contributed by atoms with van der Waals surface area (Å²) in [4.78, 5) is 26.5. The van der Waals surface area contributed by atoms with E-state index in [9.17, 15) is 23.1 Å². The number of aromatic nitrogens is 4. The van der Waals surface area contributed by atoms with E-state index in [1.165, 1.54) is 12.3 Å². The van der Waals surface area contributed by atoms with Gasteiger partial charge in [-0.25, -0.2) is 27.9 Å². The van der Waals surface area contributed by atoms with E-state index < -0.39 is 29.2 Å². The van der Waals surface area contributed by atoms with Gasteiger partial charge in [0.15, 0.2) is 29.0 Å². The number of hydrogen-bond donors (Lipinski definition) is 2. The molecule has 1 aliphatic heterocycles. The highest BCUT2D eigenvalue weighted by Gasteiger charge is 2.23. The molecule has 204 valence electrons. The van der Waals surface area contributed by atoms with Crippen molar-refractivity contribution >= 4 is 17.0 Å². The second kappa shape index (κ2) is 11.3. The first kappa shape index (κ1) is 26.4. The standard InChI is InChI=1S/C26H25F3N6O4/c27-17-10-19(29)22(11-18(17)28)38-13-23-31-6-3-25(33-23)39-16-4-7-34(8-5-16)12-24-32-20-2-1-15(26(36)37)9-21(20)35(24)14-30/h1-3,6,9-11,16H,4-5,7-8,12-14,30H2,(H,36,37). The summed E-state index contributed by atoms with van der Waals surface area (Å²) in [5, 5.41) is 9.29. The Morgan fingerprint density at radius 2 is 1.82 bits per heavy atom. The lowest BCUT2D eigenvalue weighted by Gasteiger charge is -2.31. The number of halogens is 3. The number of carbonyl (C=O) groups is 1. The zero-order valence-corrected chi connectivity index (χ0v) is 20.7. The number of rotatable bonds is 9.